The summed E-state index contributed by atoms with van der Waals surface area (Å²) in [5, 5.41) is 6.81. The topological polar surface area (TPSA) is 42.9 Å². The predicted octanol–water partition coefficient (Wildman–Crippen LogP) is 3.69. The minimum absolute atomic E-state index is 0. The molecule has 0 aliphatic carbocycles. The Labute approximate surface area is 189 Å². The normalized spacial score (nSPS) is 14.9. The van der Waals surface area contributed by atoms with Crippen LogP contribution in [0.4, 0.5) is 0 Å². The van der Waals surface area contributed by atoms with Gasteiger partial charge in [0.25, 0.3) is 0 Å². The van der Waals surface area contributed by atoms with Gasteiger partial charge in [-0.15, -0.1) is 24.0 Å². The molecule has 1 saturated heterocycles. The average Bonchev–Trinajstić information content (AvgIpc) is 3.20. The van der Waals surface area contributed by atoms with Crippen molar-refractivity contribution in [1.82, 2.24) is 20.4 Å². The molecule has 0 unspecified atom stereocenters. The first-order valence-electron chi connectivity index (χ1n) is 10.8. The van der Waals surface area contributed by atoms with Crippen LogP contribution in [-0.4, -0.2) is 61.6 Å². The van der Waals surface area contributed by atoms with E-state index in [2.05, 4.69) is 65.5 Å². The fourth-order valence-electron chi connectivity index (χ4n) is 3.51. The first-order valence-corrected chi connectivity index (χ1v) is 10.8. The molecule has 0 bridgehead atoms. The summed E-state index contributed by atoms with van der Waals surface area (Å²) < 4.78 is 0. The van der Waals surface area contributed by atoms with Gasteiger partial charge in [0.15, 0.2) is 5.96 Å². The third kappa shape index (κ3) is 9.56. The summed E-state index contributed by atoms with van der Waals surface area (Å²) in [5.41, 5.74) is 2.67. The number of nitrogens with zero attached hydrogens (tertiary/aromatic N) is 3. The van der Waals surface area contributed by atoms with Gasteiger partial charge >= 0.3 is 0 Å². The van der Waals surface area contributed by atoms with Gasteiger partial charge in [0.1, 0.15) is 0 Å². The van der Waals surface area contributed by atoms with Crippen molar-refractivity contribution in [2.45, 2.75) is 53.1 Å². The zero-order valence-corrected chi connectivity index (χ0v) is 20.4. The van der Waals surface area contributed by atoms with Crippen LogP contribution in [0.2, 0.25) is 0 Å². The van der Waals surface area contributed by atoms with Crippen LogP contribution in [0, 0.1) is 0 Å². The van der Waals surface area contributed by atoms with Crippen molar-refractivity contribution in [3.05, 3.63) is 35.4 Å². The molecule has 6 heteroatoms. The van der Waals surface area contributed by atoms with Gasteiger partial charge in [-0.25, -0.2) is 4.99 Å². The molecule has 0 radical (unpaired) electrons. The molecule has 1 aliphatic rings. The zero-order valence-electron chi connectivity index (χ0n) is 18.0. The molecule has 1 fully saturated rings. The lowest BCUT2D eigenvalue weighted by atomic mass is 10.1. The first kappa shape index (κ1) is 25.2. The Hall–Kier alpha value is -0.860. The van der Waals surface area contributed by atoms with Crippen LogP contribution in [0.1, 0.15) is 51.2 Å². The molecule has 28 heavy (non-hydrogen) atoms. The minimum atomic E-state index is 0. The van der Waals surface area contributed by atoms with Gasteiger partial charge < -0.3 is 15.5 Å². The largest absolute Gasteiger partial charge is 0.357 e. The quantitative estimate of drug-likeness (QED) is 0.210. The van der Waals surface area contributed by atoms with Crippen molar-refractivity contribution >= 4 is 29.9 Å². The number of hydrogen-bond acceptors (Lipinski definition) is 3. The van der Waals surface area contributed by atoms with E-state index >= 15 is 0 Å². The monoisotopic (exact) mass is 501 g/mol. The van der Waals surface area contributed by atoms with E-state index in [1.54, 1.807) is 0 Å². The van der Waals surface area contributed by atoms with Gasteiger partial charge in [0.2, 0.25) is 0 Å². The SMILES string of the molecule is CCNC(=NCc1ccc(CN2CCCC2)cc1)NCCCN(CC)CC.I. The average molecular weight is 502 g/mol. The number of aliphatic imine (C=N–C) groups is 1. The van der Waals surface area contributed by atoms with Gasteiger partial charge in [-0.1, -0.05) is 38.1 Å². The van der Waals surface area contributed by atoms with Crippen LogP contribution in [0.25, 0.3) is 0 Å². The van der Waals surface area contributed by atoms with Crippen LogP contribution in [0.3, 0.4) is 0 Å². The summed E-state index contributed by atoms with van der Waals surface area (Å²) in [6.45, 7) is 16.1. The van der Waals surface area contributed by atoms with Crippen LogP contribution < -0.4 is 10.6 Å². The Morgan fingerprint density at radius 2 is 1.64 bits per heavy atom. The molecule has 1 aliphatic heterocycles. The predicted molar refractivity (Wildman–Crippen MR) is 132 cm³/mol. The summed E-state index contributed by atoms with van der Waals surface area (Å²) in [5.74, 6) is 0.915. The van der Waals surface area contributed by atoms with Gasteiger partial charge in [-0.3, -0.25) is 4.90 Å². The van der Waals surface area contributed by atoms with Crippen LogP contribution in [0.15, 0.2) is 29.3 Å². The number of hydrogen-bond donors (Lipinski definition) is 2. The van der Waals surface area contributed by atoms with E-state index in [0.29, 0.717) is 0 Å². The molecule has 1 heterocycles. The molecule has 0 spiro atoms. The minimum Gasteiger partial charge on any atom is -0.357 e. The maximum absolute atomic E-state index is 4.74. The second-order valence-electron chi connectivity index (χ2n) is 7.30. The molecule has 0 aromatic heterocycles. The van der Waals surface area contributed by atoms with Gasteiger partial charge in [-0.2, -0.15) is 0 Å². The highest BCUT2D eigenvalue weighted by Crippen LogP contribution is 2.13. The summed E-state index contributed by atoms with van der Waals surface area (Å²) in [4.78, 5) is 9.74. The second kappa shape index (κ2) is 15.0. The standard InChI is InChI=1S/C22H39N5.HI/c1-4-23-22(24-14-9-17-26(5-2)6-3)25-18-20-10-12-21(13-11-20)19-27-15-7-8-16-27;/h10-13H,4-9,14-19H2,1-3H3,(H2,23,24,25);1H. The van der Waals surface area contributed by atoms with E-state index in [1.165, 1.54) is 37.1 Å². The number of halogens is 1. The third-order valence-corrected chi connectivity index (χ3v) is 5.23. The maximum atomic E-state index is 4.74. The van der Waals surface area contributed by atoms with Crippen molar-refractivity contribution in [2.24, 2.45) is 4.99 Å². The van der Waals surface area contributed by atoms with Crippen molar-refractivity contribution < 1.29 is 0 Å². The van der Waals surface area contributed by atoms with Crippen molar-refractivity contribution in [2.75, 3.05) is 45.8 Å². The summed E-state index contributed by atoms with van der Waals surface area (Å²) >= 11 is 0. The summed E-state index contributed by atoms with van der Waals surface area (Å²) in [6.07, 6.45) is 3.83. The van der Waals surface area contributed by atoms with E-state index in [9.17, 15) is 0 Å². The van der Waals surface area contributed by atoms with E-state index in [1.807, 2.05) is 0 Å². The van der Waals surface area contributed by atoms with Crippen molar-refractivity contribution in [3.63, 3.8) is 0 Å². The molecule has 2 N–H and O–H groups in total. The fourth-order valence-corrected chi connectivity index (χ4v) is 3.51. The number of benzene rings is 1. The van der Waals surface area contributed by atoms with E-state index < -0.39 is 0 Å². The smallest absolute Gasteiger partial charge is 0.191 e. The highest BCUT2D eigenvalue weighted by molar-refractivity contribution is 14.0. The van der Waals surface area contributed by atoms with Crippen LogP contribution >= 0.6 is 24.0 Å². The van der Waals surface area contributed by atoms with Gasteiger partial charge in [0, 0.05) is 19.6 Å². The van der Waals surface area contributed by atoms with E-state index in [-0.39, 0.29) is 24.0 Å². The fraction of sp³-hybridized carbons (Fsp3) is 0.682. The second-order valence-corrected chi connectivity index (χ2v) is 7.30. The highest BCUT2D eigenvalue weighted by Gasteiger charge is 2.11. The maximum Gasteiger partial charge on any atom is 0.191 e. The van der Waals surface area contributed by atoms with Gasteiger partial charge in [-0.05, 0) is 70.0 Å². The van der Waals surface area contributed by atoms with Crippen molar-refractivity contribution in [3.8, 4) is 0 Å². The lowest BCUT2D eigenvalue weighted by molar-refractivity contribution is 0.300. The molecular weight excluding hydrogens is 461 g/mol. The third-order valence-electron chi connectivity index (χ3n) is 5.23. The molecular formula is C22H40IN5. The molecule has 0 saturated carbocycles. The molecule has 2 rings (SSSR count). The first-order chi connectivity index (χ1) is 13.2. The number of likely N-dealkylation sites (tertiary alicyclic amines) is 1. The summed E-state index contributed by atoms with van der Waals surface area (Å²) in [7, 11) is 0. The number of nitrogens with one attached hydrogen (secondary N) is 2. The zero-order chi connectivity index (χ0) is 19.3. The molecule has 0 amide bonds. The Morgan fingerprint density at radius 3 is 2.25 bits per heavy atom. The van der Waals surface area contributed by atoms with Crippen LogP contribution in [0.5, 0.6) is 0 Å². The number of rotatable bonds is 11. The van der Waals surface area contributed by atoms with Gasteiger partial charge in [0.05, 0.1) is 6.54 Å². The lowest BCUT2D eigenvalue weighted by Crippen LogP contribution is -2.38. The molecule has 5 nitrogen and oxygen atoms in total. The number of guanidine groups is 1. The Morgan fingerprint density at radius 1 is 1.00 bits per heavy atom. The summed E-state index contributed by atoms with van der Waals surface area (Å²) in [6, 6.07) is 8.96. The highest BCUT2D eigenvalue weighted by atomic mass is 127. The van der Waals surface area contributed by atoms with Crippen molar-refractivity contribution in [1.29, 1.82) is 0 Å². The molecule has 160 valence electrons. The van der Waals surface area contributed by atoms with E-state index in [4.69, 9.17) is 4.99 Å². The Balaban J connectivity index is 0.00000392. The Kier molecular flexibility index (Phi) is 13.5. The molecule has 0 atom stereocenters. The van der Waals surface area contributed by atoms with Crippen LogP contribution in [-0.2, 0) is 13.1 Å². The van der Waals surface area contributed by atoms with E-state index in [0.717, 1.165) is 58.2 Å². The lowest BCUT2D eigenvalue weighted by Gasteiger charge is -2.18. The molecule has 1 aromatic rings. The molecule has 1 aromatic carbocycles. The Bertz CT molecular complexity index is 536.